The monoisotopic (exact) mass is 244 g/mol. The molecule has 0 fully saturated rings. The van der Waals surface area contributed by atoms with E-state index in [1.165, 1.54) is 7.05 Å². The maximum absolute atomic E-state index is 11.6. The first-order chi connectivity index (χ1) is 7.53. The van der Waals surface area contributed by atoms with Crippen molar-refractivity contribution in [1.29, 1.82) is 0 Å². The lowest BCUT2D eigenvalue weighted by Crippen LogP contribution is -2.51. The second-order valence-electron chi connectivity index (χ2n) is 5.91. The van der Waals surface area contributed by atoms with E-state index in [-0.39, 0.29) is 10.8 Å². The third-order valence-corrected chi connectivity index (χ3v) is 3.53. The zero-order valence-corrected chi connectivity index (χ0v) is 11.5. The van der Waals surface area contributed by atoms with Crippen LogP contribution in [0.3, 0.4) is 0 Å². The van der Waals surface area contributed by atoms with Gasteiger partial charge in [-0.3, -0.25) is 10.1 Å². The van der Waals surface area contributed by atoms with Crippen molar-refractivity contribution in [2.24, 2.45) is 10.8 Å². The predicted octanol–water partition coefficient (Wildman–Crippen LogP) is 0.847. The van der Waals surface area contributed by atoms with E-state index in [1.54, 1.807) is 0 Å². The zero-order chi connectivity index (χ0) is 13.9. The summed E-state index contributed by atoms with van der Waals surface area (Å²) in [6, 6.07) is -1.19. The zero-order valence-electron chi connectivity index (χ0n) is 11.5. The summed E-state index contributed by atoms with van der Waals surface area (Å²) in [6.45, 7) is 10.8. The summed E-state index contributed by atoms with van der Waals surface area (Å²) >= 11 is 0. The number of rotatable bonds is 5. The van der Waals surface area contributed by atoms with Crippen LogP contribution in [0.5, 0.6) is 0 Å². The van der Waals surface area contributed by atoms with Gasteiger partial charge in [0.1, 0.15) is 0 Å². The van der Waals surface area contributed by atoms with Gasteiger partial charge in [0.25, 0.3) is 0 Å². The van der Waals surface area contributed by atoms with E-state index >= 15 is 0 Å². The van der Waals surface area contributed by atoms with Gasteiger partial charge in [-0.1, -0.05) is 34.6 Å². The summed E-state index contributed by atoms with van der Waals surface area (Å²) < 4.78 is 0. The summed E-state index contributed by atoms with van der Waals surface area (Å²) in [6.07, 6.45) is 0. The quantitative estimate of drug-likeness (QED) is 0.626. The fourth-order valence-electron chi connectivity index (χ4n) is 1.04. The maximum atomic E-state index is 11.6. The van der Waals surface area contributed by atoms with Gasteiger partial charge < -0.3 is 10.4 Å². The Bertz CT molecular complexity index is 293. The SMILES string of the molecule is CNC(C(=O)O)C(=O)NCC(C)(C)C(C)(C)C. The van der Waals surface area contributed by atoms with Crippen LogP contribution in [0.25, 0.3) is 0 Å². The molecule has 0 saturated carbocycles. The summed E-state index contributed by atoms with van der Waals surface area (Å²) in [5.41, 5.74) is -0.0852. The fraction of sp³-hybridized carbons (Fsp3) is 0.833. The van der Waals surface area contributed by atoms with E-state index in [4.69, 9.17) is 5.11 Å². The highest BCUT2D eigenvalue weighted by atomic mass is 16.4. The maximum Gasteiger partial charge on any atom is 0.330 e. The number of carbonyl (C=O) groups is 2. The Labute approximate surface area is 103 Å². The second-order valence-corrected chi connectivity index (χ2v) is 5.91. The van der Waals surface area contributed by atoms with Crippen LogP contribution in [0.15, 0.2) is 0 Å². The third kappa shape index (κ3) is 4.34. The van der Waals surface area contributed by atoms with Crippen LogP contribution in [0.2, 0.25) is 0 Å². The summed E-state index contributed by atoms with van der Waals surface area (Å²) in [5.74, 6) is -1.67. The van der Waals surface area contributed by atoms with Crippen molar-refractivity contribution in [1.82, 2.24) is 10.6 Å². The molecule has 0 aliphatic heterocycles. The van der Waals surface area contributed by atoms with Crippen LogP contribution in [0.1, 0.15) is 34.6 Å². The molecule has 0 aromatic rings. The Balaban J connectivity index is 4.49. The Morgan fingerprint density at radius 1 is 1.18 bits per heavy atom. The van der Waals surface area contributed by atoms with E-state index in [0.717, 1.165) is 0 Å². The third-order valence-electron chi connectivity index (χ3n) is 3.53. The highest BCUT2D eigenvalue weighted by molar-refractivity contribution is 6.01. The van der Waals surface area contributed by atoms with Crippen LogP contribution in [0, 0.1) is 10.8 Å². The molecular weight excluding hydrogens is 220 g/mol. The molecule has 0 radical (unpaired) electrons. The Kier molecular flexibility index (Phi) is 5.13. The Hall–Kier alpha value is -1.10. The van der Waals surface area contributed by atoms with Crippen LogP contribution < -0.4 is 10.6 Å². The van der Waals surface area contributed by atoms with E-state index in [2.05, 4.69) is 31.4 Å². The number of carboxylic acids is 1. The van der Waals surface area contributed by atoms with Gasteiger partial charge in [0.15, 0.2) is 6.04 Å². The van der Waals surface area contributed by atoms with Crippen molar-refractivity contribution in [3.05, 3.63) is 0 Å². The lowest BCUT2D eigenvalue weighted by atomic mass is 9.69. The average molecular weight is 244 g/mol. The summed E-state index contributed by atoms with van der Waals surface area (Å²) in [7, 11) is 1.45. The van der Waals surface area contributed by atoms with Crippen molar-refractivity contribution < 1.29 is 14.7 Å². The van der Waals surface area contributed by atoms with Crippen molar-refractivity contribution in [2.75, 3.05) is 13.6 Å². The van der Waals surface area contributed by atoms with Gasteiger partial charge in [0, 0.05) is 6.54 Å². The number of likely N-dealkylation sites (N-methyl/N-ethyl adjacent to an activating group) is 1. The molecule has 0 aliphatic carbocycles. The molecule has 0 rings (SSSR count). The minimum absolute atomic E-state index is 0.0264. The van der Waals surface area contributed by atoms with Gasteiger partial charge in [0.2, 0.25) is 5.91 Å². The molecule has 0 aromatic heterocycles. The number of nitrogens with one attached hydrogen (secondary N) is 2. The summed E-state index contributed by atoms with van der Waals surface area (Å²) in [5, 5.41) is 14.0. The topological polar surface area (TPSA) is 78.4 Å². The van der Waals surface area contributed by atoms with E-state index in [9.17, 15) is 9.59 Å². The molecule has 0 heterocycles. The number of carbonyl (C=O) groups excluding carboxylic acids is 1. The van der Waals surface area contributed by atoms with Crippen LogP contribution in [0.4, 0.5) is 0 Å². The number of hydrogen-bond donors (Lipinski definition) is 3. The van der Waals surface area contributed by atoms with Gasteiger partial charge in [-0.25, -0.2) is 4.79 Å². The van der Waals surface area contributed by atoms with Crippen LogP contribution >= 0.6 is 0 Å². The normalized spacial score (nSPS) is 14.2. The van der Waals surface area contributed by atoms with E-state index in [0.29, 0.717) is 6.54 Å². The Morgan fingerprint density at radius 3 is 1.94 bits per heavy atom. The van der Waals surface area contributed by atoms with E-state index in [1.807, 2.05) is 13.8 Å². The molecule has 100 valence electrons. The Morgan fingerprint density at radius 2 is 1.65 bits per heavy atom. The number of hydrogen-bond acceptors (Lipinski definition) is 3. The first-order valence-corrected chi connectivity index (χ1v) is 5.70. The molecule has 5 heteroatoms. The van der Waals surface area contributed by atoms with E-state index < -0.39 is 17.9 Å². The molecular formula is C12H24N2O3. The van der Waals surface area contributed by atoms with Crippen LogP contribution in [-0.4, -0.2) is 36.6 Å². The van der Waals surface area contributed by atoms with Gasteiger partial charge in [0.05, 0.1) is 0 Å². The van der Waals surface area contributed by atoms with Crippen LogP contribution in [-0.2, 0) is 9.59 Å². The van der Waals surface area contributed by atoms with Gasteiger partial charge >= 0.3 is 5.97 Å². The highest BCUT2D eigenvalue weighted by Crippen LogP contribution is 2.36. The van der Waals surface area contributed by atoms with Gasteiger partial charge in [-0.15, -0.1) is 0 Å². The van der Waals surface area contributed by atoms with Crippen molar-refractivity contribution in [3.63, 3.8) is 0 Å². The molecule has 0 spiro atoms. The molecule has 0 aromatic carbocycles. The molecule has 5 nitrogen and oxygen atoms in total. The molecule has 0 bridgehead atoms. The summed E-state index contributed by atoms with van der Waals surface area (Å²) in [4.78, 5) is 22.4. The number of aliphatic carboxylic acids is 1. The molecule has 17 heavy (non-hydrogen) atoms. The molecule has 0 aliphatic rings. The molecule has 1 amide bonds. The second kappa shape index (κ2) is 5.49. The smallest absolute Gasteiger partial charge is 0.330 e. The van der Waals surface area contributed by atoms with Gasteiger partial charge in [-0.05, 0) is 17.9 Å². The average Bonchev–Trinajstić information content (AvgIpc) is 2.13. The minimum atomic E-state index is -1.19. The molecule has 1 unspecified atom stereocenters. The van der Waals surface area contributed by atoms with Crippen molar-refractivity contribution in [2.45, 2.75) is 40.7 Å². The van der Waals surface area contributed by atoms with Crippen molar-refractivity contribution in [3.8, 4) is 0 Å². The predicted molar refractivity (Wildman–Crippen MR) is 66.7 cm³/mol. The molecule has 3 N–H and O–H groups in total. The minimum Gasteiger partial charge on any atom is -0.480 e. The molecule has 0 saturated heterocycles. The first-order valence-electron chi connectivity index (χ1n) is 5.70. The van der Waals surface area contributed by atoms with Crippen molar-refractivity contribution >= 4 is 11.9 Å². The number of carboxylic acid groups (broad SMARTS) is 1. The molecule has 1 atom stereocenters. The fourth-order valence-corrected chi connectivity index (χ4v) is 1.04. The highest BCUT2D eigenvalue weighted by Gasteiger charge is 2.34. The number of amides is 1. The standard InChI is InChI=1S/C12H24N2O3/c1-11(2,3)12(4,5)7-14-9(15)8(13-6)10(16)17/h8,13H,7H2,1-6H3,(H,14,15)(H,16,17). The first kappa shape index (κ1) is 15.9. The lowest BCUT2D eigenvalue weighted by molar-refractivity contribution is -0.144. The van der Waals surface area contributed by atoms with Gasteiger partial charge in [-0.2, -0.15) is 0 Å². The lowest BCUT2D eigenvalue weighted by Gasteiger charge is -2.39. The largest absolute Gasteiger partial charge is 0.480 e.